The van der Waals surface area contributed by atoms with E-state index in [2.05, 4.69) is 0 Å². The highest BCUT2D eigenvalue weighted by atomic mass is 35.5. The number of hydrogen-bond acceptors (Lipinski definition) is 4. The van der Waals surface area contributed by atoms with Gasteiger partial charge in [-0.25, -0.2) is 18.4 Å². The van der Waals surface area contributed by atoms with Crippen LogP contribution in [0.15, 0.2) is 83.8 Å². The Bertz CT molecular complexity index is 1010. The number of benzene rings is 3. The van der Waals surface area contributed by atoms with Gasteiger partial charge in [-0.3, -0.25) is 0 Å². The number of carbonyl (C=O) groups excluding carboxylic acids is 1. The van der Waals surface area contributed by atoms with E-state index in [9.17, 15) is 13.2 Å². The van der Waals surface area contributed by atoms with Gasteiger partial charge in [0.1, 0.15) is 4.90 Å². The fourth-order valence-corrected chi connectivity index (χ4v) is 3.68. The molecule has 0 spiro atoms. The lowest BCUT2D eigenvalue weighted by Gasteiger charge is -2.19. The van der Waals surface area contributed by atoms with Crippen LogP contribution >= 0.6 is 11.6 Å². The second-order valence-electron chi connectivity index (χ2n) is 5.80. The van der Waals surface area contributed by atoms with Gasteiger partial charge in [0, 0.05) is 0 Å². The number of rotatable bonds is 5. The third-order valence-electron chi connectivity index (χ3n) is 3.90. The molecule has 2 N–H and O–H groups in total. The molecule has 0 amide bonds. The van der Waals surface area contributed by atoms with Crippen molar-refractivity contribution in [3.8, 4) is 0 Å². The van der Waals surface area contributed by atoms with Crippen LogP contribution in [0.25, 0.3) is 0 Å². The molecule has 0 aliphatic carbocycles. The molecule has 138 valence electrons. The molecule has 0 radical (unpaired) electrons. The minimum Gasteiger partial charge on any atom is -0.449 e. The van der Waals surface area contributed by atoms with Crippen molar-refractivity contribution in [1.82, 2.24) is 0 Å². The van der Waals surface area contributed by atoms with Crippen LogP contribution in [0.2, 0.25) is 5.02 Å². The van der Waals surface area contributed by atoms with Crippen molar-refractivity contribution in [3.05, 3.63) is 101 Å². The van der Waals surface area contributed by atoms with Crippen molar-refractivity contribution in [3.63, 3.8) is 0 Å². The van der Waals surface area contributed by atoms with Crippen LogP contribution in [0.5, 0.6) is 0 Å². The molecule has 0 saturated heterocycles. The summed E-state index contributed by atoms with van der Waals surface area (Å²) in [5, 5.41) is 5.09. The summed E-state index contributed by atoms with van der Waals surface area (Å²) in [6, 6.07) is 22.3. The van der Waals surface area contributed by atoms with E-state index in [1.165, 1.54) is 12.1 Å². The van der Waals surface area contributed by atoms with Crippen LogP contribution in [0, 0.1) is 0 Å². The molecule has 0 bridgehead atoms. The molecule has 0 aromatic heterocycles. The lowest BCUT2D eigenvalue weighted by Crippen LogP contribution is -2.16. The fourth-order valence-electron chi connectivity index (χ4n) is 2.61. The SMILES string of the molecule is NS(=O)(=O)c1cc(C(=O)OC(c2ccccc2)c2ccccc2)ccc1Cl. The van der Waals surface area contributed by atoms with E-state index >= 15 is 0 Å². The summed E-state index contributed by atoms with van der Waals surface area (Å²) < 4.78 is 29.0. The number of esters is 1. The zero-order chi connectivity index (χ0) is 19.4. The normalized spacial score (nSPS) is 11.4. The molecule has 0 aliphatic rings. The zero-order valence-corrected chi connectivity index (χ0v) is 15.7. The molecule has 0 aliphatic heterocycles. The van der Waals surface area contributed by atoms with Crippen LogP contribution in [-0.2, 0) is 14.8 Å². The van der Waals surface area contributed by atoms with Crippen molar-refractivity contribution >= 4 is 27.6 Å². The van der Waals surface area contributed by atoms with Gasteiger partial charge < -0.3 is 4.74 Å². The summed E-state index contributed by atoms with van der Waals surface area (Å²) in [7, 11) is -4.06. The van der Waals surface area contributed by atoms with Gasteiger partial charge in [-0.15, -0.1) is 0 Å². The number of halogens is 1. The molecule has 0 unspecified atom stereocenters. The third kappa shape index (κ3) is 4.54. The van der Waals surface area contributed by atoms with Crippen molar-refractivity contribution in [1.29, 1.82) is 0 Å². The van der Waals surface area contributed by atoms with Gasteiger partial charge in [0.15, 0.2) is 6.10 Å². The summed E-state index contributed by atoms with van der Waals surface area (Å²) >= 11 is 5.87. The Labute approximate surface area is 162 Å². The summed E-state index contributed by atoms with van der Waals surface area (Å²) in [5.74, 6) is -0.686. The lowest BCUT2D eigenvalue weighted by molar-refractivity contribution is 0.0378. The Morgan fingerprint density at radius 1 is 0.889 bits per heavy atom. The third-order valence-corrected chi connectivity index (χ3v) is 5.30. The Balaban J connectivity index is 1.97. The Morgan fingerprint density at radius 3 is 1.89 bits per heavy atom. The van der Waals surface area contributed by atoms with Gasteiger partial charge in [0.25, 0.3) is 0 Å². The van der Waals surface area contributed by atoms with E-state index in [4.69, 9.17) is 21.5 Å². The molecular formula is C20H16ClNO4S. The first-order valence-corrected chi connectivity index (χ1v) is 9.92. The first-order valence-electron chi connectivity index (χ1n) is 7.99. The maximum absolute atomic E-state index is 12.7. The molecule has 3 aromatic carbocycles. The molecule has 5 nitrogen and oxygen atoms in total. The zero-order valence-electron chi connectivity index (χ0n) is 14.1. The van der Waals surface area contributed by atoms with Gasteiger partial charge in [0.2, 0.25) is 10.0 Å². The molecule has 0 saturated carbocycles. The summed E-state index contributed by atoms with van der Waals surface area (Å²) in [6.07, 6.45) is -0.645. The summed E-state index contributed by atoms with van der Waals surface area (Å²) in [5.41, 5.74) is 1.62. The largest absolute Gasteiger partial charge is 0.449 e. The van der Waals surface area contributed by atoms with E-state index in [1.54, 1.807) is 0 Å². The van der Waals surface area contributed by atoms with Gasteiger partial charge in [0.05, 0.1) is 10.6 Å². The topological polar surface area (TPSA) is 86.5 Å². The van der Waals surface area contributed by atoms with Crippen molar-refractivity contribution in [2.24, 2.45) is 5.14 Å². The fraction of sp³-hybridized carbons (Fsp3) is 0.0500. The smallest absolute Gasteiger partial charge is 0.339 e. The standard InChI is InChI=1S/C20H16ClNO4S/c21-17-12-11-16(13-18(17)27(22,24)25)20(23)26-19(14-7-3-1-4-8-14)15-9-5-2-6-10-15/h1-13,19H,(H2,22,24,25). The maximum atomic E-state index is 12.7. The lowest BCUT2D eigenvalue weighted by atomic mass is 10.0. The van der Waals surface area contributed by atoms with Crippen LogP contribution in [-0.4, -0.2) is 14.4 Å². The van der Waals surface area contributed by atoms with Crippen molar-refractivity contribution in [2.45, 2.75) is 11.0 Å². The number of ether oxygens (including phenoxy) is 1. The number of sulfonamides is 1. The van der Waals surface area contributed by atoms with E-state index in [0.29, 0.717) is 0 Å². The summed E-state index contributed by atoms with van der Waals surface area (Å²) in [4.78, 5) is 12.4. The van der Waals surface area contributed by atoms with Crippen LogP contribution in [0.1, 0.15) is 27.6 Å². The molecule has 0 atom stereocenters. The number of carbonyl (C=O) groups is 1. The predicted octanol–water partition coefficient (Wildman–Crippen LogP) is 3.93. The highest BCUT2D eigenvalue weighted by molar-refractivity contribution is 7.89. The quantitative estimate of drug-likeness (QED) is 0.656. The molecule has 7 heteroatoms. The molecule has 27 heavy (non-hydrogen) atoms. The monoisotopic (exact) mass is 401 g/mol. The number of nitrogens with two attached hydrogens (primary N) is 1. The van der Waals surface area contributed by atoms with Crippen molar-refractivity contribution < 1.29 is 17.9 Å². The second-order valence-corrected chi connectivity index (χ2v) is 7.73. The summed E-state index contributed by atoms with van der Waals surface area (Å²) in [6.45, 7) is 0. The average Bonchev–Trinajstić information content (AvgIpc) is 2.66. The number of primary sulfonamides is 1. The van der Waals surface area contributed by atoms with E-state index < -0.39 is 22.1 Å². The van der Waals surface area contributed by atoms with Crippen LogP contribution in [0.3, 0.4) is 0 Å². The second kappa shape index (κ2) is 7.92. The molecular weight excluding hydrogens is 386 g/mol. The highest BCUT2D eigenvalue weighted by Gasteiger charge is 2.22. The van der Waals surface area contributed by atoms with Crippen molar-refractivity contribution in [2.75, 3.05) is 0 Å². The van der Waals surface area contributed by atoms with Gasteiger partial charge >= 0.3 is 5.97 Å². The minimum atomic E-state index is -4.06. The molecule has 0 fully saturated rings. The van der Waals surface area contributed by atoms with E-state index in [1.807, 2.05) is 60.7 Å². The Kier molecular flexibility index (Phi) is 5.60. The predicted molar refractivity (Wildman–Crippen MR) is 103 cm³/mol. The molecule has 3 rings (SSSR count). The van der Waals surface area contributed by atoms with Gasteiger partial charge in [-0.2, -0.15) is 0 Å². The van der Waals surface area contributed by atoms with Gasteiger partial charge in [-0.05, 0) is 29.3 Å². The molecule has 3 aromatic rings. The van der Waals surface area contributed by atoms with E-state index in [0.717, 1.165) is 17.2 Å². The number of hydrogen-bond donors (Lipinski definition) is 1. The average molecular weight is 402 g/mol. The first-order chi connectivity index (χ1) is 12.9. The van der Waals surface area contributed by atoms with Crippen LogP contribution in [0.4, 0.5) is 0 Å². The highest BCUT2D eigenvalue weighted by Crippen LogP contribution is 2.28. The Morgan fingerprint density at radius 2 is 1.41 bits per heavy atom. The minimum absolute atomic E-state index is 0.0419. The Hall–Kier alpha value is -2.67. The van der Waals surface area contributed by atoms with Gasteiger partial charge in [-0.1, -0.05) is 72.3 Å². The maximum Gasteiger partial charge on any atom is 0.339 e. The first kappa shape index (κ1) is 19.1. The van der Waals surface area contributed by atoms with E-state index in [-0.39, 0.29) is 15.5 Å². The molecule has 0 heterocycles. The van der Waals surface area contributed by atoms with Crippen LogP contribution < -0.4 is 5.14 Å².